The summed E-state index contributed by atoms with van der Waals surface area (Å²) in [6.45, 7) is 3.37. The predicted octanol–water partition coefficient (Wildman–Crippen LogP) is 4.98. The van der Waals surface area contributed by atoms with Gasteiger partial charge < -0.3 is 9.88 Å². The Morgan fingerprint density at radius 1 is 1.03 bits per heavy atom. The van der Waals surface area contributed by atoms with Gasteiger partial charge in [-0.05, 0) is 43.7 Å². The second-order valence-corrected chi connectivity index (χ2v) is 6.53. The van der Waals surface area contributed by atoms with E-state index in [9.17, 15) is 22.8 Å². The van der Waals surface area contributed by atoms with Crippen LogP contribution in [0.15, 0.2) is 65.5 Å². The molecule has 0 bridgehead atoms. The molecule has 0 radical (unpaired) electrons. The van der Waals surface area contributed by atoms with E-state index in [4.69, 9.17) is 0 Å². The number of aromatic nitrogens is 1. The number of carbonyl (C=O) groups is 1. The molecule has 0 unspecified atom stereocenters. The van der Waals surface area contributed by atoms with Gasteiger partial charge in [-0.3, -0.25) is 9.59 Å². The summed E-state index contributed by atoms with van der Waals surface area (Å²) < 4.78 is 41.0. The van der Waals surface area contributed by atoms with Crippen molar-refractivity contribution in [1.82, 2.24) is 4.57 Å². The molecule has 1 aromatic heterocycles. The number of rotatable bonds is 4. The third-order valence-electron chi connectivity index (χ3n) is 4.52. The predicted molar refractivity (Wildman–Crippen MR) is 106 cm³/mol. The first kappa shape index (κ1) is 20.4. The van der Waals surface area contributed by atoms with Gasteiger partial charge in [-0.25, -0.2) is 0 Å². The van der Waals surface area contributed by atoms with Gasteiger partial charge in [0, 0.05) is 28.8 Å². The zero-order valence-corrected chi connectivity index (χ0v) is 15.9. The van der Waals surface area contributed by atoms with E-state index in [2.05, 4.69) is 5.32 Å². The molecule has 0 aliphatic heterocycles. The lowest BCUT2D eigenvalue weighted by molar-refractivity contribution is -0.137. The highest BCUT2D eigenvalue weighted by Crippen LogP contribution is 2.31. The number of para-hydroxylation sites is 1. The number of anilines is 1. The van der Waals surface area contributed by atoms with Gasteiger partial charge in [-0.15, -0.1) is 0 Å². The summed E-state index contributed by atoms with van der Waals surface area (Å²) >= 11 is 0. The summed E-state index contributed by atoms with van der Waals surface area (Å²) in [6.07, 6.45) is -4.21. The van der Waals surface area contributed by atoms with Crippen LogP contribution in [0.5, 0.6) is 0 Å². The molecule has 3 aromatic rings. The summed E-state index contributed by atoms with van der Waals surface area (Å²) in [7, 11) is 0. The monoisotopic (exact) mass is 400 g/mol. The van der Waals surface area contributed by atoms with E-state index < -0.39 is 23.1 Å². The van der Waals surface area contributed by atoms with Gasteiger partial charge in [0.05, 0.1) is 5.56 Å². The number of hydrogen-bond acceptors (Lipinski definition) is 2. The Morgan fingerprint density at radius 3 is 2.34 bits per heavy atom. The van der Waals surface area contributed by atoms with Crippen LogP contribution in [-0.2, 0) is 12.6 Å². The maximum atomic E-state index is 13.2. The number of hydrogen-bond donors (Lipinski definition) is 1. The zero-order chi connectivity index (χ0) is 21.2. The van der Waals surface area contributed by atoms with Gasteiger partial charge >= 0.3 is 6.18 Å². The molecule has 0 spiro atoms. The minimum atomic E-state index is -4.50. The van der Waals surface area contributed by atoms with Crippen molar-refractivity contribution in [3.05, 3.63) is 93.4 Å². The van der Waals surface area contributed by atoms with Crippen molar-refractivity contribution in [2.75, 3.05) is 5.32 Å². The average Bonchev–Trinajstić information content (AvgIpc) is 2.67. The fourth-order valence-electron chi connectivity index (χ4n) is 3.27. The third kappa shape index (κ3) is 4.23. The summed E-state index contributed by atoms with van der Waals surface area (Å²) in [4.78, 5) is 25.4. The number of pyridine rings is 1. The average molecular weight is 400 g/mol. The third-order valence-corrected chi connectivity index (χ3v) is 4.52. The minimum absolute atomic E-state index is 0.0839. The highest BCUT2D eigenvalue weighted by atomic mass is 19.4. The van der Waals surface area contributed by atoms with Crippen molar-refractivity contribution in [2.45, 2.75) is 26.4 Å². The second kappa shape index (κ2) is 7.95. The van der Waals surface area contributed by atoms with Crippen LogP contribution in [-0.4, -0.2) is 10.5 Å². The SMILES string of the molecule is CCc1c(C(=O)Nc2ccccc2)c(=O)cc(C)n1-c1cccc(C(F)(F)F)c1. The zero-order valence-electron chi connectivity index (χ0n) is 15.9. The van der Waals surface area contributed by atoms with Gasteiger partial charge in [0.15, 0.2) is 5.43 Å². The molecule has 7 heteroatoms. The molecule has 0 fully saturated rings. The van der Waals surface area contributed by atoms with E-state index in [0.29, 0.717) is 17.1 Å². The van der Waals surface area contributed by atoms with E-state index in [1.165, 1.54) is 22.8 Å². The number of halogens is 3. The van der Waals surface area contributed by atoms with E-state index >= 15 is 0 Å². The van der Waals surface area contributed by atoms with Gasteiger partial charge in [-0.1, -0.05) is 31.2 Å². The smallest absolute Gasteiger partial charge is 0.322 e. The molecule has 4 nitrogen and oxygen atoms in total. The Morgan fingerprint density at radius 2 is 1.72 bits per heavy atom. The van der Waals surface area contributed by atoms with Crippen LogP contribution in [0.25, 0.3) is 5.69 Å². The number of aryl methyl sites for hydroxylation is 1. The fraction of sp³-hybridized carbons (Fsp3) is 0.182. The molecule has 0 saturated heterocycles. The van der Waals surface area contributed by atoms with E-state index in [0.717, 1.165) is 12.1 Å². The number of amides is 1. The van der Waals surface area contributed by atoms with Gasteiger partial charge in [-0.2, -0.15) is 13.2 Å². The Labute approximate surface area is 165 Å². The Hall–Kier alpha value is -3.35. The molecular weight excluding hydrogens is 381 g/mol. The standard InChI is InChI=1S/C22H19F3N2O2/c1-3-18-20(21(29)26-16-9-5-4-6-10-16)19(28)12-14(2)27(18)17-11-7-8-15(13-17)22(23,24)25/h4-13H,3H2,1-2H3,(H,26,29). The summed E-state index contributed by atoms with van der Waals surface area (Å²) in [6, 6.07) is 14.7. The van der Waals surface area contributed by atoms with E-state index in [1.54, 1.807) is 44.2 Å². The van der Waals surface area contributed by atoms with Crippen LogP contribution in [0.1, 0.15) is 34.2 Å². The Balaban J connectivity index is 2.16. The van der Waals surface area contributed by atoms with E-state index in [1.807, 2.05) is 0 Å². The quantitative estimate of drug-likeness (QED) is 0.672. The lowest BCUT2D eigenvalue weighted by Gasteiger charge is -2.20. The largest absolute Gasteiger partial charge is 0.416 e. The Bertz CT molecular complexity index is 1100. The fourth-order valence-corrected chi connectivity index (χ4v) is 3.27. The first-order valence-corrected chi connectivity index (χ1v) is 9.02. The molecule has 0 atom stereocenters. The summed E-state index contributed by atoms with van der Waals surface area (Å²) in [5.74, 6) is -0.598. The molecule has 3 rings (SSSR count). The van der Waals surface area contributed by atoms with Crippen LogP contribution in [0.4, 0.5) is 18.9 Å². The van der Waals surface area contributed by atoms with Crippen molar-refractivity contribution in [2.24, 2.45) is 0 Å². The Kier molecular flexibility index (Phi) is 5.59. The lowest BCUT2D eigenvalue weighted by Crippen LogP contribution is -2.27. The molecule has 0 aliphatic rings. The number of nitrogens with zero attached hydrogens (tertiary/aromatic N) is 1. The van der Waals surface area contributed by atoms with Crippen molar-refractivity contribution in [3.8, 4) is 5.69 Å². The summed E-state index contributed by atoms with van der Waals surface area (Å²) in [5.41, 5.74) is 0.194. The van der Waals surface area contributed by atoms with Crippen LogP contribution < -0.4 is 10.7 Å². The number of alkyl halides is 3. The summed E-state index contributed by atoms with van der Waals surface area (Å²) in [5, 5.41) is 2.68. The molecule has 2 aromatic carbocycles. The van der Waals surface area contributed by atoms with Crippen LogP contribution in [0.2, 0.25) is 0 Å². The first-order valence-electron chi connectivity index (χ1n) is 9.02. The van der Waals surface area contributed by atoms with Crippen LogP contribution >= 0.6 is 0 Å². The molecule has 1 amide bonds. The normalized spacial score (nSPS) is 11.3. The van der Waals surface area contributed by atoms with Crippen molar-refractivity contribution >= 4 is 11.6 Å². The maximum Gasteiger partial charge on any atom is 0.416 e. The molecule has 1 heterocycles. The topological polar surface area (TPSA) is 51.1 Å². The van der Waals surface area contributed by atoms with Crippen molar-refractivity contribution in [1.29, 1.82) is 0 Å². The highest BCUT2D eigenvalue weighted by molar-refractivity contribution is 6.05. The van der Waals surface area contributed by atoms with E-state index in [-0.39, 0.29) is 17.7 Å². The molecule has 1 N–H and O–H groups in total. The van der Waals surface area contributed by atoms with Crippen LogP contribution in [0, 0.1) is 6.92 Å². The molecule has 29 heavy (non-hydrogen) atoms. The first-order chi connectivity index (χ1) is 13.7. The number of benzene rings is 2. The van der Waals surface area contributed by atoms with Gasteiger partial charge in [0.1, 0.15) is 5.56 Å². The molecule has 150 valence electrons. The maximum absolute atomic E-state index is 13.2. The van der Waals surface area contributed by atoms with Crippen molar-refractivity contribution < 1.29 is 18.0 Å². The van der Waals surface area contributed by atoms with Gasteiger partial charge in [0.2, 0.25) is 0 Å². The molecular formula is C22H19F3N2O2. The number of carbonyl (C=O) groups excluding carboxylic acids is 1. The van der Waals surface area contributed by atoms with Gasteiger partial charge in [0.25, 0.3) is 5.91 Å². The van der Waals surface area contributed by atoms with Crippen LogP contribution in [0.3, 0.4) is 0 Å². The highest BCUT2D eigenvalue weighted by Gasteiger charge is 2.31. The molecule has 0 saturated carbocycles. The molecule has 0 aliphatic carbocycles. The number of nitrogens with one attached hydrogen (secondary N) is 1. The lowest BCUT2D eigenvalue weighted by atomic mass is 10.1. The second-order valence-electron chi connectivity index (χ2n) is 6.53. The van der Waals surface area contributed by atoms with Crippen molar-refractivity contribution in [3.63, 3.8) is 0 Å². The minimum Gasteiger partial charge on any atom is -0.322 e.